The number of halogens is 2. The first-order valence-electron chi connectivity index (χ1n) is 6.68. The fourth-order valence-corrected chi connectivity index (χ4v) is 3.56. The fourth-order valence-electron chi connectivity index (χ4n) is 3.18. The second-order valence-electron chi connectivity index (χ2n) is 5.33. The third-order valence-corrected chi connectivity index (χ3v) is 4.72. The van der Waals surface area contributed by atoms with E-state index in [2.05, 4.69) is 26.1 Å². The average Bonchev–Trinajstić information content (AvgIpc) is 2.81. The van der Waals surface area contributed by atoms with Crippen molar-refractivity contribution in [1.29, 1.82) is 0 Å². The molecule has 2 aliphatic heterocycles. The summed E-state index contributed by atoms with van der Waals surface area (Å²) in [5, 5.41) is 3.54. The van der Waals surface area contributed by atoms with Crippen LogP contribution in [0.2, 0.25) is 0 Å². The summed E-state index contributed by atoms with van der Waals surface area (Å²) in [5.41, 5.74) is 1.01. The standard InChI is InChI=1S/C14H18BrFN2/c15-13-9-10(3-4-14(13)16)17-11-5-7-18-6-1-2-12(18)8-11/h3-4,9,11-12,17H,1-2,5-8H2. The van der Waals surface area contributed by atoms with Crippen LogP contribution < -0.4 is 5.32 Å². The Hall–Kier alpha value is -0.610. The molecule has 2 heterocycles. The predicted octanol–water partition coefficient (Wildman–Crippen LogP) is 3.63. The molecule has 0 spiro atoms. The van der Waals surface area contributed by atoms with E-state index in [1.807, 2.05) is 12.1 Å². The van der Waals surface area contributed by atoms with Crippen molar-refractivity contribution in [2.75, 3.05) is 18.4 Å². The van der Waals surface area contributed by atoms with Crippen LogP contribution in [0.4, 0.5) is 10.1 Å². The number of nitrogens with one attached hydrogen (secondary N) is 1. The highest BCUT2D eigenvalue weighted by Crippen LogP contribution is 2.29. The van der Waals surface area contributed by atoms with Gasteiger partial charge >= 0.3 is 0 Å². The van der Waals surface area contributed by atoms with E-state index in [1.54, 1.807) is 0 Å². The van der Waals surface area contributed by atoms with Crippen LogP contribution in [0.1, 0.15) is 25.7 Å². The zero-order valence-corrected chi connectivity index (χ0v) is 11.9. The molecule has 0 amide bonds. The van der Waals surface area contributed by atoms with Crippen molar-refractivity contribution in [3.63, 3.8) is 0 Å². The first kappa shape index (κ1) is 12.4. The zero-order valence-electron chi connectivity index (χ0n) is 10.3. The van der Waals surface area contributed by atoms with Gasteiger partial charge in [-0.3, -0.25) is 0 Å². The van der Waals surface area contributed by atoms with Gasteiger partial charge in [0.05, 0.1) is 4.47 Å². The topological polar surface area (TPSA) is 15.3 Å². The lowest BCUT2D eigenvalue weighted by Gasteiger charge is -2.35. The summed E-state index contributed by atoms with van der Waals surface area (Å²) in [6.07, 6.45) is 5.09. The summed E-state index contributed by atoms with van der Waals surface area (Å²) in [7, 11) is 0. The fraction of sp³-hybridized carbons (Fsp3) is 0.571. The van der Waals surface area contributed by atoms with Crippen LogP contribution in [0.5, 0.6) is 0 Å². The number of piperidine rings is 1. The van der Waals surface area contributed by atoms with Gasteiger partial charge in [0, 0.05) is 24.3 Å². The largest absolute Gasteiger partial charge is 0.382 e. The van der Waals surface area contributed by atoms with Crippen molar-refractivity contribution in [1.82, 2.24) is 4.90 Å². The molecule has 0 aliphatic carbocycles. The Morgan fingerprint density at radius 3 is 3.00 bits per heavy atom. The minimum Gasteiger partial charge on any atom is -0.382 e. The molecule has 0 bridgehead atoms. The maximum atomic E-state index is 13.2. The number of anilines is 1. The summed E-state index contributed by atoms with van der Waals surface area (Å²) in [5.74, 6) is -0.203. The molecule has 3 rings (SSSR count). The molecule has 0 saturated carbocycles. The van der Waals surface area contributed by atoms with Crippen LogP contribution >= 0.6 is 15.9 Å². The molecule has 0 radical (unpaired) electrons. The van der Waals surface area contributed by atoms with E-state index in [4.69, 9.17) is 0 Å². The van der Waals surface area contributed by atoms with Crippen LogP contribution in [0.25, 0.3) is 0 Å². The minimum atomic E-state index is -0.203. The second-order valence-corrected chi connectivity index (χ2v) is 6.18. The van der Waals surface area contributed by atoms with Crippen LogP contribution in [-0.2, 0) is 0 Å². The summed E-state index contributed by atoms with van der Waals surface area (Å²) >= 11 is 3.23. The molecule has 2 fully saturated rings. The van der Waals surface area contributed by atoms with Crippen LogP contribution in [0, 0.1) is 5.82 Å². The highest BCUT2D eigenvalue weighted by atomic mass is 79.9. The molecular formula is C14H18BrFN2. The molecule has 18 heavy (non-hydrogen) atoms. The van der Waals surface area contributed by atoms with Crippen LogP contribution in [0.3, 0.4) is 0 Å². The maximum absolute atomic E-state index is 13.2. The highest BCUT2D eigenvalue weighted by Gasteiger charge is 2.31. The van der Waals surface area contributed by atoms with Gasteiger partial charge in [0.1, 0.15) is 5.82 Å². The van der Waals surface area contributed by atoms with Crippen molar-refractivity contribution < 1.29 is 4.39 Å². The first-order chi connectivity index (χ1) is 8.72. The lowest BCUT2D eigenvalue weighted by molar-refractivity contribution is 0.188. The van der Waals surface area contributed by atoms with Crippen molar-refractivity contribution in [3.8, 4) is 0 Å². The molecule has 2 saturated heterocycles. The van der Waals surface area contributed by atoms with Gasteiger partial charge in [-0.15, -0.1) is 0 Å². The number of rotatable bonds is 2. The second kappa shape index (κ2) is 5.17. The summed E-state index contributed by atoms with van der Waals surface area (Å²) < 4.78 is 13.7. The van der Waals surface area contributed by atoms with E-state index in [0.717, 1.165) is 11.7 Å². The Balaban J connectivity index is 1.64. The van der Waals surface area contributed by atoms with E-state index >= 15 is 0 Å². The Morgan fingerprint density at radius 1 is 1.28 bits per heavy atom. The summed E-state index contributed by atoms with van der Waals surface area (Å²) in [4.78, 5) is 2.61. The molecular weight excluding hydrogens is 295 g/mol. The van der Waals surface area contributed by atoms with Crippen LogP contribution in [-0.4, -0.2) is 30.1 Å². The quantitative estimate of drug-likeness (QED) is 0.897. The van der Waals surface area contributed by atoms with E-state index in [-0.39, 0.29) is 5.82 Å². The average molecular weight is 313 g/mol. The number of hydrogen-bond acceptors (Lipinski definition) is 2. The highest BCUT2D eigenvalue weighted by molar-refractivity contribution is 9.10. The van der Waals surface area contributed by atoms with Gasteiger partial charge < -0.3 is 10.2 Å². The zero-order chi connectivity index (χ0) is 12.5. The number of fused-ring (bicyclic) bond motifs is 1. The number of nitrogens with zero attached hydrogens (tertiary/aromatic N) is 1. The van der Waals surface area contributed by atoms with Crippen LogP contribution in [0.15, 0.2) is 22.7 Å². The van der Waals surface area contributed by atoms with Gasteiger partial charge in [0.25, 0.3) is 0 Å². The molecule has 4 heteroatoms. The smallest absolute Gasteiger partial charge is 0.137 e. The normalized spacial score (nSPS) is 28.1. The molecule has 1 aromatic rings. The lowest BCUT2D eigenvalue weighted by atomic mass is 9.97. The molecule has 2 aliphatic rings. The number of hydrogen-bond donors (Lipinski definition) is 1. The minimum absolute atomic E-state index is 0.203. The van der Waals surface area contributed by atoms with Gasteiger partial charge in [0.2, 0.25) is 0 Å². The Morgan fingerprint density at radius 2 is 2.17 bits per heavy atom. The molecule has 0 aromatic heterocycles. The molecule has 2 nitrogen and oxygen atoms in total. The van der Waals surface area contributed by atoms with Gasteiger partial charge in [-0.2, -0.15) is 0 Å². The first-order valence-corrected chi connectivity index (χ1v) is 7.47. The van der Waals surface area contributed by atoms with Gasteiger partial charge in [0.15, 0.2) is 0 Å². The SMILES string of the molecule is Fc1ccc(NC2CCN3CCCC3C2)cc1Br. The van der Waals surface area contributed by atoms with Gasteiger partial charge in [-0.05, 0) is 66.4 Å². The predicted molar refractivity (Wildman–Crippen MR) is 75.3 cm³/mol. The molecule has 98 valence electrons. The van der Waals surface area contributed by atoms with Crippen molar-refractivity contribution in [2.45, 2.75) is 37.8 Å². The van der Waals surface area contributed by atoms with E-state index in [0.29, 0.717) is 10.5 Å². The van der Waals surface area contributed by atoms with Gasteiger partial charge in [-0.25, -0.2) is 4.39 Å². The van der Waals surface area contributed by atoms with Crippen molar-refractivity contribution >= 4 is 21.6 Å². The Bertz CT molecular complexity index is 438. The maximum Gasteiger partial charge on any atom is 0.137 e. The molecule has 2 unspecified atom stereocenters. The Kier molecular flexibility index (Phi) is 3.57. The van der Waals surface area contributed by atoms with Crippen molar-refractivity contribution in [2.24, 2.45) is 0 Å². The number of benzene rings is 1. The summed E-state index contributed by atoms with van der Waals surface area (Å²) in [6.45, 7) is 2.48. The van der Waals surface area contributed by atoms with E-state index in [9.17, 15) is 4.39 Å². The third-order valence-electron chi connectivity index (χ3n) is 4.11. The third kappa shape index (κ3) is 2.54. The molecule has 1 aromatic carbocycles. The van der Waals surface area contributed by atoms with Gasteiger partial charge in [-0.1, -0.05) is 0 Å². The molecule has 2 atom stereocenters. The monoisotopic (exact) mass is 312 g/mol. The Labute approximate surface area is 116 Å². The lowest BCUT2D eigenvalue weighted by Crippen LogP contribution is -2.42. The van der Waals surface area contributed by atoms with E-state index < -0.39 is 0 Å². The van der Waals surface area contributed by atoms with E-state index in [1.165, 1.54) is 44.8 Å². The molecule has 1 N–H and O–H groups in total. The van der Waals surface area contributed by atoms with Crippen molar-refractivity contribution in [3.05, 3.63) is 28.5 Å². The summed E-state index contributed by atoms with van der Waals surface area (Å²) in [6, 6.07) is 6.45.